The van der Waals surface area contributed by atoms with Gasteiger partial charge >= 0.3 is 0 Å². The van der Waals surface area contributed by atoms with Crippen molar-refractivity contribution in [2.75, 3.05) is 7.05 Å². The molecule has 1 aliphatic rings. The molecule has 2 unspecified atom stereocenters. The molecule has 1 saturated carbocycles. The number of hydrogen-bond donors (Lipinski definition) is 2. The standard InChI is InChI=1S/C14H20F2N2O2S/c1-3-4-10-7-12(10)18-21(19,20)13-6-9(8-17-2)5-11(15)14(13)16/h5-6,10,12,17-18H,3-4,7-8H2,1-2H3. The van der Waals surface area contributed by atoms with E-state index in [0.717, 1.165) is 25.3 Å². The summed E-state index contributed by atoms with van der Waals surface area (Å²) in [7, 11) is -2.39. The van der Waals surface area contributed by atoms with Crippen molar-refractivity contribution in [2.24, 2.45) is 5.92 Å². The molecule has 0 spiro atoms. The van der Waals surface area contributed by atoms with Gasteiger partial charge in [0.2, 0.25) is 10.0 Å². The molecule has 1 aliphatic carbocycles. The SMILES string of the molecule is CCCC1CC1NS(=O)(=O)c1cc(CNC)cc(F)c1F. The Morgan fingerprint density at radius 2 is 2.05 bits per heavy atom. The molecule has 0 heterocycles. The van der Waals surface area contributed by atoms with Crippen molar-refractivity contribution in [3.63, 3.8) is 0 Å². The largest absolute Gasteiger partial charge is 0.316 e. The third-order valence-electron chi connectivity index (χ3n) is 3.61. The molecule has 21 heavy (non-hydrogen) atoms. The van der Waals surface area contributed by atoms with E-state index >= 15 is 0 Å². The molecule has 118 valence electrons. The van der Waals surface area contributed by atoms with Gasteiger partial charge in [-0.3, -0.25) is 0 Å². The van der Waals surface area contributed by atoms with Crippen LogP contribution in [-0.4, -0.2) is 21.5 Å². The highest BCUT2D eigenvalue weighted by Gasteiger charge is 2.40. The van der Waals surface area contributed by atoms with Gasteiger partial charge in [0.1, 0.15) is 4.90 Å². The molecule has 0 aromatic heterocycles. The van der Waals surface area contributed by atoms with E-state index in [1.165, 1.54) is 6.07 Å². The van der Waals surface area contributed by atoms with Crippen LogP contribution in [0.5, 0.6) is 0 Å². The Morgan fingerprint density at radius 1 is 1.33 bits per heavy atom. The Labute approximate surface area is 124 Å². The number of nitrogens with one attached hydrogen (secondary N) is 2. The van der Waals surface area contributed by atoms with E-state index in [0.29, 0.717) is 11.5 Å². The minimum Gasteiger partial charge on any atom is -0.316 e. The molecule has 0 bridgehead atoms. The number of sulfonamides is 1. The van der Waals surface area contributed by atoms with Crippen LogP contribution in [-0.2, 0) is 16.6 Å². The molecule has 0 amide bonds. The number of benzene rings is 1. The summed E-state index contributed by atoms with van der Waals surface area (Å²) < 4.78 is 54.3. The van der Waals surface area contributed by atoms with Crippen LogP contribution in [0.2, 0.25) is 0 Å². The molecule has 0 aliphatic heterocycles. The third kappa shape index (κ3) is 3.78. The van der Waals surface area contributed by atoms with Crippen LogP contribution < -0.4 is 10.0 Å². The summed E-state index contributed by atoms with van der Waals surface area (Å²) in [6.07, 6.45) is 2.67. The zero-order valence-electron chi connectivity index (χ0n) is 12.1. The highest BCUT2D eigenvalue weighted by molar-refractivity contribution is 7.89. The van der Waals surface area contributed by atoms with Gasteiger partial charge in [0, 0.05) is 12.6 Å². The first kappa shape index (κ1) is 16.3. The summed E-state index contributed by atoms with van der Waals surface area (Å²) in [5.74, 6) is -2.17. The number of rotatable bonds is 7. The van der Waals surface area contributed by atoms with Crippen molar-refractivity contribution in [1.82, 2.24) is 10.0 Å². The van der Waals surface area contributed by atoms with E-state index in [2.05, 4.69) is 10.0 Å². The van der Waals surface area contributed by atoms with E-state index in [1.807, 2.05) is 6.92 Å². The average molecular weight is 318 g/mol. The Kier molecular flexibility index (Phi) is 4.95. The second kappa shape index (κ2) is 6.37. The van der Waals surface area contributed by atoms with E-state index in [9.17, 15) is 17.2 Å². The summed E-state index contributed by atoms with van der Waals surface area (Å²) in [6.45, 7) is 2.29. The highest BCUT2D eigenvalue weighted by Crippen LogP contribution is 2.36. The van der Waals surface area contributed by atoms with Crippen LogP contribution in [0.1, 0.15) is 31.7 Å². The normalized spacial score (nSPS) is 21.5. The predicted molar refractivity (Wildman–Crippen MR) is 76.2 cm³/mol. The van der Waals surface area contributed by atoms with Crippen molar-refractivity contribution in [3.05, 3.63) is 29.3 Å². The Hall–Kier alpha value is -1.05. The van der Waals surface area contributed by atoms with Gasteiger partial charge in [-0.05, 0) is 43.5 Å². The van der Waals surface area contributed by atoms with Gasteiger partial charge in [0.15, 0.2) is 11.6 Å². The summed E-state index contributed by atoms with van der Waals surface area (Å²) in [4.78, 5) is -0.616. The second-order valence-corrected chi connectivity index (χ2v) is 7.11. The van der Waals surface area contributed by atoms with Gasteiger partial charge in [-0.2, -0.15) is 0 Å². The zero-order chi connectivity index (χ0) is 15.6. The maximum absolute atomic E-state index is 13.8. The van der Waals surface area contributed by atoms with Crippen molar-refractivity contribution < 1.29 is 17.2 Å². The fourth-order valence-corrected chi connectivity index (χ4v) is 3.92. The lowest BCUT2D eigenvalue weighted by Gasteiger charge is -2.10. The molecule has 0 saturated heterocycles. The van der Waals surface area contributed by atoms with E-state index in [1.54, 1.807) is 7.05 Å². The summed E-state index contributed by atoms with van der Waals surface area (Å²) in [6, 6.07) is 2.02. The van der Waals surface area contributed by atoms with Crippen LogP contribution in [0.3, 0.4) is 0 Å². The molecular formula is C14H20F2N2O2S. The van der Waals surface area contributed by atoms with Crippen molar-refractivity contribution >= 4 is 10.0 Å². The van der Waals surface area contributed by atoms with E-state index in [4.69, 9.17) is 0 Å². The monoisotopic (exact) mass is 318 g/mol. The van der Waals surface area contributed by atoms with Crippen molar-refractivity contribution in [3.8, 4) is 0 Å². The first-order valence-corrected chi connectivity index (χ1v) is 8.52. The molecule has 7 heteroatoms. The molecule has 2 atom stereocenters. The Bertz CT molecular complexity index is 620. The van der Waals surface area contributed by atoms with Crippen LogP contribution in [0.25, 0.3) is 0 Å². The summed E-state index contributed by atoms with van der Waals surface area (Å²) >= 11 is 0. The Morgan fingerprint density at radius 3 is 2.67 bits per heavy atom. The molecule has 0 radical (unpaired) electrons. The maximum atomic E-state index is 13.8. The van der Waals surface area contributed by atoms with Gasteiger partial charge < -0.3 is 5.32 Å². The van der Waals surface area contributed by atoms with Gasteiger partial charge in [0.25, 0.3) is 0 Å². The quantitative estimate of drug-likeness (QED) is 0.810. The lowest BCUT2D eigenvalue weighted by atomic mass is 10.2. The average Bonchev–Trinajstić information content (AvgIpc) is 3.11. The molecule has 2 rings (SSSR count). The first-order chi connectivity index (χ1) is 9.89. The number of hydrogen-bond acceptors (Lipinski definition) is 3. The van der Waals surface area contributed by atoms with Crippen molar-refractivity contribution in [1.29, 1.82) is 0 Å². The first-order valence-electron chi connectivity index (χ1n) is 7.04. The van der Waals surface area contributed by atoms with Crippen LogP contribution in [0, 0.1) is 17.6 Å². The molecule has 1 aromatic rings. The van der Waals surface area contributed by atoms with Crippen LogP contribution >= 0.6 is 0 Å². The summed E-state index contributed by atoms with van der Waals surface area (Å²) in [5, 5.41) is 2.78. The lowest BCUT2D eigenvalue weighted by molar-refractivity contribution is 0.480. The molecule has 2 N–H and O–H groups in total. The maximum Gasteiger partial charge on any atom is 0.243 e. The number of halogens is 2. The fourth-order valence-electron chi connectivity index (χ4n) is 2.46. The highest BCUT2D eigenvalue weighted by atomic mass is 32.2. The molecular weight excluding hydrogens is 298 g/mol. The predicted octanol–water partition coefficient (Wildman–Crippen LogP) is 2.15. The second-order valence-electron chi connectivity index (χ2n) is 5.43. The fraction of sp³-hybridized carbons (Fsp3) is 0.571. The molecule has 1 aromatic carbocycles. The van der Waals surface area contributed by atoms with Gasteiger partial charge in [0.05, 0.1) is 0 Å². The Balaban J connectivity index is 2.23. The minimum atomic E-state index is -4.04. The zero-order valence-corrected chi connectivity index (χ0v) is 12.9. The van der Waals surface area contributed by atoms with E-state index < -0.39 is 26.6 Å². The molecule has 1 fully saturated rings. The van der Waals surface area contributed by atoms with Crippen LogP contribution in [0.15, 0.2) is 17.0 Å². The smallest absolute Gasteiger partial charge is 0.243 e. The van der Waals surface area contributed by atoms with Gasteiger partial charge in [-0.25, -0.2) is 21.9 Å². The minimum absolute atomic E-state index is 0.162. The molecule has 4 nitrogen and oxygen atoms in total. The lowest BCUT2D eigenvalue weighted by Crippen LogP contribution is -2.28. The van der Waals surface area contributed by atoms with Crippen LogP contribution in [0.4, 0.5) is 8.78 Å². The van der Waals surface area contributed by atoms with Gasteiger partial charge in [-0.15, -0.1) is 0 Å². The van der Waals surface area contributed by atoms with Gasteiger partial charge in [-0.1, -0.05) is 13.3 Å². The topological polar surface area (TPSA) is 58.2 Å². The third-order valence-corrected chi connectivity index (χ3v) is 5.10. The van der Waals surface area contributed by atoms with E-state index in [-0.39, 0.29) is 12.6 Å². The summed E-state index contributed by atoms with van der Waals surface area (Å²) in [5.41, 5.74) is 0.387. The van der Waals surface area contributed by atoms with Crippen molar-refractivity contribution in [2.45, 2.75) is 43.7 Å².